The lowest BCUT2D eigenvalue weighted by molar-refractivity contribution is -0.387. The largest absolute Gasteiger partial charge is 0.332 e. The number of nitro groups is 1. The van der Waals surface area contributed by atoms with E-state index in [2.05, 4.69) is 10.6 Å². The summed E-state index contributed by atoms with van der Waals surface area (Å²) in [5, 5.41) is 17.0. The molecule has 0 fully saturated rings. The number of rotatable bonds is 3. The summed E-state index contributed by atoms with van der Waals surface area (Å²) in [6.45, 7) is 0. The normalized spacial score (nSPS) is 10.1. The summed E-state index contributed by atoms with van der Waals surface area (Å²) < 4.78 is 13.3. The minimum atomic E-state index is -0.924. The number of nitro benzene ring substituents is 1. The van der Waals surface area contributed by atoms with Gasteiger partial charge in [0.25, 0.3) is 0 Å². The van der Waals surface area contributed by atoms with Crippen molar-refractivity contribution in [1.29, 1.82) is 0 Å². The zero-order valence-electron chi connectivity index (χ0n) is 10.8. The maximum Gasteiger partial charge on any atom is 0.306 e. The molecule has 0 heterocycles. The molecule has 0 radical (unpaired) electrons. The molecule has 2 N–H and O–H groups in total. The van der Waals surface area contributed by atoms with Crippen LogP contribution in [0.3, 0.4) is 0 Å². The fraction of sp³-hybridized carbons (Fsp3) is 0. The molecule has 0 saturated carbocycles. The molecule has 5 nitrogen and oxygen atoms in total. The third-order valence-corrected chi connectivity index (χ3v) is 3.62. The fourth-order valence-electron chi connectivity index (χ4n) is 1.62. The van der Waals surface area contributed by atoms with Crippen molar-refractivity contribution in [3.63, 3.8) is 0 Å². The number of nitrogens with zero attached hydrogens (tertiary/aromatic N) is 1. The van der Waals surface area contributed by atoms with Gasteiger partial charge < -0.3 is 10.6 Å². The van der Waals surface area contributed by atoms with Crippen molar-refractivity contribution in [2.24, 2.45) is 0 Å². The maximum atomic E-state index is 13.3. The number of hydrogen-bond donors (Lipinski definition) is 2. The topological polar surface area (TPSA) is 67.2 Å². The highest BCUT2D eigenvalue weighted by molar-refractivity contribution is 7.80. The van der Waals surface area contributed by atoms with Crippen LogP contribution in [0.5, 0.6) is 0 Å². The van der Waals surface area contributed by atoms with Crippen LogP contribution < -0.4 is 10.6 Å². The fourth-order valence-corrected chi connectivity index (χ4v) is 2.19. The van der Waals surface area contributed by atoms with Crippen LogP contribution in [0.1, 0.15) is 0 Å². The molecule has 2 aromatic carbocycles. The molecule has 0 spiro atoms. The van der Waals surface area contributed by atoms with Gasteiger partial charge in [0, 0.05) is 11.8 Å². The van der Waals surface area contributed by atoms with Gasteiger partial charge in [0.05, 0.1) is 20.7 Å². The molecule has 0 unspecified atom stereocenters. The van der Waals surface area contributed by atoms with Crippen LogP contribution in [-0.4, -0.2) is 10.0 Å². The lowest BCUT2D eigenvalue weighted by Gasteiger charge is -2.12. The van der Waals surface area contributed by atoms with Crippen molar-refractivity contribution in [1.82, 2.24) is 0 Å². The quantitative estimate of drug-likeness (QED) is 0.465. The summed E-state index contributed by atoms with van der Waals surface area (Å²) >= 11 is 17.0. The van der Waals surface area contributed by atoms with E-state index in [1.807, 2.05) is 0 Å². The Kier molecular flexibility index (Phi) is 5.12. The van der Waals surface area contributed by atoms with Crippen LogP contribution in [0.4, 0.5) is 21.5 Å². The second-order valence-corrected chi connectivity index (χ2v) is 5.30. The van der Waals surface area contributed by atoms with Crippen LogP contribution in [0.2, 0.25) is 10.0 Å². The zero-order valence-corrected chi connectivity index (χ0v) is 13.1. The first-order valence-corrected chi connectivity index (χ1v) is 7.01. The highest BCUT2D eigenvalue weighted by atomic mass is 35.5. The predicted octanol–water partition coefficient (Wildman–Crippen LogP) is 4.85. The van der Waals surface area contributed by atoms with E-state index >= 15 is 0 Å². The monoisotopic (exact) mass is 359 g/mol. The van der Waals surface area contributed by atoms with Crippen LogP contribution >= 0.6 is 35.4 Å². The predicted molar refractivity (Wildman–Crippen MR) is 89.4 cm³/mol. The summed E-state index contributed by atoms with van der Waals surface area (Å²) in [4.78, 5) is 9.88. The highest BCUT2D eigenvalue weighted by Gasteiger charge is 2.15. The number of nitrogens with one attached hydrogen (secondary N) is 2. The maximum absolute atomic E-state index is 13.3. The lowest BCUT2D eigenvalue weighted by atomic mass is 10.2. The Morgan fingerprint density at radius 2 is 1.95 bits per heavy atom. The molecule has 0 aliphatic carbocycles. The van der Waals surface area contributed by atoms with Gasteiger partial charge in [-0.1, -0.05) is 29.3 Å². The van der Waals surface area contributed by atoms with Crippen molar-refractivity contribution >= 4 is 57.6 Å². The summed E-state index contributed by atoms with van der Waals surface area (Å²) in [6.07, 6.45) is 0. The molecule has 0 aliphatic heterocycles. The average molecular weight is 360 g/mol. The van der Waals surface area contributed by atoms with Gasteiger partial charge in [-0.25, -0.2) is 0 Å². The Labute approximate surface area is 140 Å². The van der Waals surface area contributed by atoms with E-state index in [0.717, 1.165) is 12.1 Å². The number of benzene rings is 2. The average Bonchev–Trinajstić information content (AvgIpc) is 2.45. The first kappa shape index (κ1) is 16.4. The molecule has 22 heavy (non-hydrogen) atoms. The molecule has 0 aliphatic rings. The summed E-state index contributed by atoms with van der Waals surface area (Å²) in [5.41, 5.74) is 0.0978. The Morgan fingerprint density at radius 3 is 2.64 bits per heavy atom. The lowest BCUT2D eigenvalue weighted by Crippen LogP contribution is -2.19. The number of thiocarbonyl (C=S) groups is 1. The summed E-state index contributed by atoms with van der Waals surface area (Å²) in [5.74, 6) is -0.924. The van der Waals surface area contributed by atoms with Crippen molar-refractivity contribution in [3.8, 4) is 0 Å². The smallest absolute Gasteiger partial charge is 0.306 e. The van der Waals surface area contributed by atoms with Crippen LogP contribution in [0.15, 0.2) is 36.4 Å². The van der Waals surface area contributed by atoms with E-state index in [-0.39, 0.29) is 10.8 Å². The van der Waals surface area contributed by atoms with Gasteiger partial charge in [-0.2, -0.15) is 4.39 Å². The minimum absolute atomic E-state index is 0.130. The molecule has 0 bridgehead atoms. The first-order chi connectivity index (χ1) is 10.4. The van der Waals surface area contributed by atoms with Crippen molar-refractivity contribution < 1.29 is 9.31 Å². The van der Waals surface area contributed by atoms with E-state index in [1.165, 1.54) is 6.07 Å². The van der Waals surface area contributed by atoms with Gasteiger partial charge in [0.1, 0.15) is 0 Å². The van der Waals surface area contributed by atoms with Gasteiger partial charge in [-0.3, -0.25) is 10.1 Å². The van der Waals surface area contributed by atoms with Gasteiger partial charge in [-0.05, 0) is 36.5 Å². The summed E-state index contributed by atoms with van der Waals surface area (Å²) in [7, 11) is 0. The molecule has 2 aromatic rings. The van der Waals surface area contributed by atoms with Crippen LogP contribution in [0, 0.1) is 15.9 Å². The van der Waals surface area contributed by atoms with E-state index in [1.54, 1.807) is 18.2 Å². The molecule has 0 amide bonds. The van der Waals surface area contributed by atoms with E-state index in [9.17, 15) is 14.5 Å². The molecular formula is C13H8Cl2FN3O2S. The second kappa shape index (κ2) is 6.87. The summed E-state index contributed by atoms with van der Waals surface area (Å²) in [6, 6.07) is 8.32. The third-order valence-electron chi connectivity index (χ3n) is 2.60. The van der Waals surface area contributed by atoms with Gasteiger partial charge in [0.15, 0.2) is 5.11 Å². The Hall–Kier alpha value is -1.96. The molecular weight excluding hydrogens is 352 g/mol. The van der Waals surface area contributed by atoms with E-state index in [4.69, 9.17) is 35.4 Å². The Bertz CT molecular complexity index is 758. The Balaban J connectivity index is 2.14. The third kappa shape index (κ3) is 3.82. The minimum Gasteiger partial charge on any atom is -0.332 e. The van der Waals surface area contributed by atoms with Gasteiger partial charge >= 0.3 is 5.69 Å². The van der Waals surface area contributed by atoms with Crippen molar-refractivity contribution in [3.05, 3.63) is 62.4 Å². The number of anilines is 2. The molecule has 2 rings (SSSR count). The molecule has 114 valence electrons. The molecule has 9 heteroatoms. The van der Waals surface area contributed by atoms with E-state index < -0.39 is 16.4 Å². The van der Waals surface area contributed by atoms with Crippen LogP contribution in [-0.2, 0) is 0 Å². The van der Waals surface area contributed by atoms with Gasteiger partial charge in [0.2, 0.25) is 5.82 Å². The SMILES string of the molecule is O=[N+]([O-])c1cc(NC(=S)Nc2cccc(Cl)c2Cl)ccc1F. The molecule has 0 atom stereocenters. The number of hydrogen-bond acceptors (Lipinski definition) is 3. The Morgan fingerprint density at radius 1 is 1.23 bits per heavy atom. The second-order valence-electron chi connectivity index (χ2n) is 4.10. The first-order valence-electron chi connectivity index (χ1n) is 5.84. The molecule has 0 saturated heterocycles. The number of halogens is 3. The van der Waals surface area contributed by atoms with Gasteiger partial charge in [-0.15, -0.1) is 0 Å². The van der Waals surface area contributed by atoms with E-state index in [0.29, 0.717) is 15.7 Å². The van der Waals surface area contributed by atoms with Crippen LogP contribution in [0.25, 0.3) is 0 Å². The molecule has 0 aromatic heterocycles. The highest BCUT2D eigenvalue weighted by Crippen LogP contribution is 2.29. The van der Waals surface area contributed by atoms with Crippen molar-refractivity contribution in [2.45, 2.75) is 0 Å². The zero-order chi connectivity index (χ0) is 16.3. The standard InChI is InChI=1S/C13H8Cl2FN3O2S/c14-8-2-1-3-10(12(8)15)18-13(22)17-7-4-5-9(16)11(6-7)19(20)21/h1-6H,(H2,17,18,22). The van der Waals surface area contributed by atoms with Crippen molar-refractivity contribution in [2.75, 3.05) is 10.6 Å².